The number of ether oxygens (including phenoxy) is 4. The highest BCUT2D eigenvalue weighted by Crippen LogP contribution is 2.33. The third-order valence-electron chi connectivity index (χ3n) is 5.21. The van der Waals surface area contributed by atoms with E-state index in [9.17, 15) is 0 Å². The van der Waals surface area contributed by atoms with E-state index in [2.05, 4.69) is 27.3 Å². The van der Waals surface area contributed by atoms with E-state index in [0.29, 0.717) is 13.2 Å². The minimum absolute atomic E-state index is 0. The van der Waals surface area contributed by atoms with Crippen molar-refractivity contribution in [3.05, 3.63) is 47.0 Å². The SMILES string of the molecule is CCOc1cc(CNC(=NC)N2CCc3cc(OC)c(OC)cc3C2)ccc1OC.I. The van der Waals surface area contributed by atoms with Crippen molar-refractivity contribution in [1.29, 1.82) is 0 Å². The lowest BCUT2D eigenvalue weighted by Gasteiger charge is -2.32. The Bertz CT molecular complexity index is 905. The number of nitrogens with zero attached hydrogens (tertiary/aromatic N) is 2. The molecule has 0 saturated carbocycles. The summed E-state index contributed by atoms with van der Waals surface area (Å²) in [5.74, 6) is 3.88. The van der Waals surface area contributed by atoms with Crippen LogP contribution in [0.1, 0.15) is 23.6 Å². The number of fused-ring (bicyclic) bond motifs is 1. The van der Waals surface area contributed by atoms with Crippen molar-refractivity contribution in [2.45, 2.75) is 26.4 Å². The molecule has 7 nitrogen and oxygen atoms in total. The fourth-order valence-corrected chi connectivity index (χ4v) is 3.68. The minimum Gasteiger partial charge on any atom is -0.493 e. The number of rotatable bonds is 7. The van der Waals surface area contributed by atoms with Gasteiger partial charge in [0.05, 0.1) is 27.9 Å². The van der Waals surface area contributed by atoms with Crippen LogP contribution < -0.4 is 24.3 Å². The number of hydrogen-bond donors (Lipinski definition) is 1. The van der Waals surface area contributed by atoms with Crippen molar-refractivity contribution >= 4 is 29.9 Å². The molecular formula is C23H32IN3O4. The highest BCUT2D eigenvalue weighted by atomic mass is 127. The predicted molar refractivity (Wildman–Crippen MR) is 133 cm³/mol. The Balaban J connectivity index is 0.00000341. The van der Waals surface area contributed by atoms with Crippen molar-refractivity contribution in [2.75, 3.05) is 41.5 Å². The van der Waals surface area contributed by atoms with E-state index in [1.165, 1.54) is 11.1 Å². The van der Waals surface area contributed by atoms with Gasteiger partial charge in [-0.05, 0) is 54.3 Å². The molecule has 0 unspecified atom stereocenters. The molecule has 0 bridgehead atoms. The summed E-state index contributed by atoms with van der Waals surface area (Å²) >= 11 is 0. The van der Waals surface area contributed by atoms with Crippen molar-refractivity contribution in [3.8, 4) is 23.0 Å². The fourth-order valence-electron chi connectivity index (χ4n) is 3.68. The Morgan fingerprint density at radius 3 is 2.26 bits per heavy atom. The van der Waals surface area contributed by atoms with E-state index in [4.69, 9.17) is 18.9 Å². The van der Waals surface area contributed by atoms with Gasteiger partial charge in [-0.2, -0.15) is 0 Å². The van der Waals surface area contributed by atoms with Crippen LogP contribution in [-0.2, 0) is 19.5 Å². The molecule has 0 radical (unpaired) electrons. The summed E-state index contributed by atoms with van der Waals surface area (Å²) in [6.07, 6.45) is 0.924. The molecule has 2 aromatic carbocycles. The van der Waals surface area contributed by atoms with Gasteiger partial charge in [-0.25, -0.2) is 0 Å². The van der Waals surface area contributed by atoms with E-state index in [0.717, 1.165) is 54.0 Å². The lowest BCUT2D eigenvalue weighted by molar-refractivity contribution is 0.310. The first kappa shape index (κ1) is 24.9. The van der Waals surface area contributed by atoms with Gasteiger partial charge in [-0.15, -0.1) is 24.0 Å². The third kappa shape index (κ3) is 5.87. The van der Waals surface area contributed by atoms with Crippen molar-refractivity contribution in [2.24, 2.45) is 4.99 Å². The Morgan fingerprint density at radius 1 is 0.968 bits per heavy atom. The second kappa shape index (κ2) is 11.9. The summed E-state index contributed by atoms with van der Waals surface area (Å²) in [5, 5.41) is 3.47. The molecule has 2 aromatic rings. The lowest BCUT2D eigenvalue weighted by Crippen LogP contribution is -2.43. The summed E-state index contributed by atoms with van der Waals surface area (Å²) < 4.78 is 22.0. The van der Waals surface area contributed by atoms with E-state index < -0.39 is 0 Å². The van der Waals surface area contributed by atoms with Crippen LogP contribution in [-0.4, -0.2) is 52.4 Å². The Hall–Kier alpha value is -2.36. The maximum atomic E-state index is 5.68. The van der Waals surface area contributed by atoms with Gasteiger partial charge in [0.25, 0.3) is 0 Å². The van der Waals surface area contributed by atoms with Gasteiger partial charge in [-0.1, -0.05) is 6.07 Å². The third-order valence-corrected chi connectivity index (χ3v) is 5.21. The summed E-state index contributed by atoms with van der Waals surface area (Å²) in [7, 11) is 6.79. The zero-order chi connectivity index (χ0) is 21.5. The number of guanidine groups is 1. The van der Waals surface area contributed by atoms with Crippen LogP contribution in [0.2, 0.25) is 0 Å². The molecule has 0 amide bonds. The molecule has 31 heavy (non-hydrogen) atoms. The topological polar surface area (TPSA) is 64.6 Å². The average molecular weight is 541 g/mol. The fraction of sp³-hybridized carbons (Fsp3) is 0.435. The van der Waals surface area contributed by atoms with E-state index in [1.54, 1.807) is 21.3 Å². The standard InChI is InChI=1S/C23H31N3O4.HI/c1-6-30-22-11-16(7-8-19(22)27-3)14-25-23(24-2)26-10-9-17-12-20(28-4)21(29-5)13-18(17)15-26;/h7-8,11-13H,6,9-10,14-15H2,1-5H3,(H,24,25);1H. The number of aliphatic imine (C=N–C) groups is 1. The molecule has 170 valence electrons. The Labute approximate surface area is 201 Å². The number of benzene rings is 2. The molecule has 0 spiro atoms. The molecule has 1 N–H and O–H groups in total. The molecule has 1 aliphatic heterocycles. The van der Waals surface area contributed by atoms with E-state index in [-0.39, 0.29) is 24.0 Å². The van der Waals surface area contributed by atoms with Crippen molar-refractivity contribution in [1.82, 2.24) is 10.2 Å². The molecule has 0 saturated heterocycles. The quantitative estimate of drug-likeness (QED) is 0.327. The molecule has 0 atom stereocenters. The van der Waals surface area contributed by atoms with E-state index in [1.807, 2.05) is 32.2 Å². The molecule has 0 aliphatic carbocycles. The first-order chi connectivity index (χ1) is 14.6. The minimum atomic E-state index is 0. The highest BCUT2D eigenvalue weighted by Gasteiger charge is 2.21. The zero-order valence-corrected chi connectivity index (χ0v) is 21.2. The van der Waals surface area contributed by atoms with Crippen molar-refractivity contribution in [3.63, 3.8) is 0 Å². The molecule has 0 aromatic heterocycles. The van der Waals surface area contributed by atoms with Gasteiger partial charge in [0, 0.05) is 26.7 Å². The first-order valence-corrected chi connectivity index (χ1v) is 10.1. The molecule has 3 rings (SSSR count). The molecule has 1 aliphatic rings. The van der Waals surface area contributed by atoms with Crippen LogP contribution in [0.15, 0.2) is 35.3 Å². The summed E-state index contributed by atoms with van der Waals surface area (Å²) in [5.41, 5.74) is 3.62. The molecular weight excluding hydrogens is 509 g/mol. The van der Waals surface area contributed by atoms with Crippen LogP contribution in [0.3, 0.4) is 0 Å². The zero-order valence-electron chi connectivity index (χ0n) is 18.9. The van der Waals surface area contributed by atoms with E-state index >= 15 is 0 Å². The first-order valence-electron chi connectivity index (χ1n) is 10.1. The number of methoxy groups -OCH3 is 3. The second-order valence-corrected chi connectivity index (χ2v) is 6.97. The molecule has 0 fully saturated rings. The molecule has 8 heteroatoms. The van der Waals surface area contributed by atoms with Crippen LogP contribution >= 0.6 is 24.0 Å². The van der Waals surface area contributed by atoms with Crippen LogP contribution in [0.25, 0.3) is 0 Å². The van der Waals surface area contributed by atoms with Crippen molar-refractivity contribution < 1.29 is 18.9 Å². The maximum Gasteiger partial charge on any atom is 0.194 e. The summed E-state index contributed by atoms with van der Waals surface area (Å²) in [6.45, 7) is 4.85. The number of nitrogens with one attached hydrogen (secondary N) is 1. The van der Waals surface area contributed by atoms with Gasteiger partial charge in [0.1, 0.15) is 0 Å². The largest absolute Gasteiger partial charge is 0.493 e. The number of hydrogen-bond acceptors (Lipinski definition) is 5. The van der Waals surface area contributed by atoms with Crippen LogP contribution in [0, 0.1) is 0 Å². The second-order valence-electron chi connectivity index (χ2n) is 6.97. The van der Waals surface area contributed by atoms with Gasteiger partial charge >= 0.3 is 0 Å². The highest BCUT2D eigenvalue weighted by molar-refractivity contribution is 14.0. The van der Waals surface area contributed by atoms with Gasteiger partial charge < -0.3 is 29.2 Å². The summed E-state index contributed by atoms with van der Waals surface area (Å²) in [4.78, 5) is 6.74. The van der Waals surface area contributed by atoms with Gasteiger partial charge in [0.2, 0.25) is 0 Å². The Morgan fingerprint density at radius 2 is 1.65 bits per heavy atom. The van der Waals surface area contributed by atoms with Crippen LogP contribution in [0.5, 0.6) is 23.0 Å². The average Bonchev–Trinajstić information content (AvgIpc) is 2.78. The normalized spacial score (nSPS) is 13.1. The smallest absolute Gasteiger partial charge is 0.194 e. The number of halogens is 1. The van der Waals surface area contributed by atoms with Crippen LogP contribution in [0.4, 0.5) is 0 Å². The maximum absolute atomic E-state index is 5.68. The summed E-state index contributed by atoms with van der Waals surface area (Å²) in [6, 6.07) is 10.1. The van der Waals surface area contributed by atoms with Gasteiger partial charge in [-0.3, -0.25) is 4.99 Å². The monoisotopic (exact) mass is 541 g/mol. The predicted octanol–water partition coefficient (Wildman–Crippen LogP) is 3.86. The lowest BCUT2D eigenvalue weighted by atomic mass is 9.99. The molecule has 1 heterocycles. The van der Waals surface area contributed by atoms with Gasteiger partial charge in [0.15, 0.2) is 29.0 Å². The Kier molecular flexibility index (Phi) is 9.54.